The second-order valence-corrected chi connectivity index (χ2v) is 12.3. The Kier molecular flexibility index (Phi) is 15.8. The van der Waals surface area contributed by atoms with Crippen LogP contribution in [0.5, 0.6) is 0 Å². The van der Waals surface area contributed by atoms with E-state index in [9.17, 15) is 19.5 Å². The second kappa shape index (κ2) is 17.9. The fourth-order valence-electron chi connectivity index (χ4n) is 4.95. The van der Waals surface area contributed by atoms with Crippen LogP contribution >= 0.6 is 0 Å². The van der Waals surface area contributed by atoms with Gasteiger partial charge in [-0.3, -0.25) is 9.59 Å². The van der Waals surface area contributed by atoms with Gasteiger partial charge < -0.3 is 9.84 Å². The van der Waals surface area contributed by atoms with Crippen molar-refractivity contribution >= 4 is 17.5 Å². The van der Waals surface area contributed by atoms with E-state index in [1.807, 2.05) is 66.7 Å². The highest BCUT2D eigenvalue weighted by molar-refractivity contribution is 5.91. The van der Waals surface area contributed by atoms with Gasteiger partial charge in [-0.05, 0) is 57.1 Å². The summed E-state index contributed by atoms with van der Waals surface area (Å²) in [5.41, 5.74) is 3.14. The van der Waals surface area contributed by atoms with E-state index in [-0.39, 0.29) is 47.3 Å². The number of carbonyl (C=O) groups is 3. The molecule has 1 unspecified atom stereocenters. The molecule has 5 nitrogen and oxygen atoms in total. The van der Waals surface area contributed by atoms with Crippen LogP contribution < -0.4 is 0 Å². The molecule has 0 bridgehead atoms. The molecule has 0 amide bonds. The van der Waals surface area contributed by atoms with Gasteiger partial charge in [0.15, 0.2) is 5.78 Å². The molecule has 228 valence electrons. The molecule has 7 atom stereocenters. The Morgan fingerprint density at radius 1 is 1.05 bits per heavy atom. The van der Waals surface area contributed by atoms with Crippen molar-refractivity contribution in [2.24, 2.45) is 35.5 Å². The number of ketones is 2. The van der Waals surface area contributed by atoms with Crippen LogP contribution in [0.1, 0.15) is 88.5 Å². The molecule has 0 aromatic carbocycles. The maximum absolute atomic E-state index is 13.1. The second-order valence-electron chi connectivity index (χ2n) is 12.3. The fourth-order valence-corrected chi connectivity index (χ4v) is 4.95. The minimum atomic E-state index is -0.772. The van der Waals surface area contributed by atoms with Gasteiger partial charge >= 0.3 is 5.97 Å². The van der Waals surface area contributed by atoms with Crippen molar-refractivity contribution in [1.82, 2.24) is 0 Å². The lowest BCUT2D eigenvalue weighted by Crippen LogP contribution is -2.34. The summed E-state index contributed by atoms with van der Waals surface area (Å²) in [6.07, 6.45) is 18.8. The van der Waals surface area contributed by atoms with E-state index in [0.29, 0.717) is 12.3 Å². The van der Waals surface area contributed by atoms with Gasteiger partial charge in [-0.2, -0.15) is 0 Å². The Bertz CT molecular complexity index is 1070. The lowest BCUT2D eigenvalue weighted by atomic mass is 9.82. The quantitative estimate of drug-likeness (QED) is 0.117. The number of Topliss-reactive ketones (excluding diaryl/α,β-unsaturated/α-hetero) is 1. The molecule has 1 heterocycles. The maximum Gasteiger partial charge on any atom is 0.331 e. The van der Waals surface area contributed by atoms with E-state index in [0.717, 1.165) is 24.0 Å². The Balaban J connectivity index is 2.70. The molecular formula is C36H54O5. The average molecular weight is 567 g/mol. The monoisotopic (exact) mass is 566 g/mol. The number of ether oxygens (including phenoxy) is 1. The topological polar surface area (TPSA) is 80.7 Å². The Morgan fingerprint density at radius 2 is 1.71 bits per heavy atom. The number of rotatable bonds is 16. The van der Waals surface area contributed by atoms with E-state index in [1.165, 1.54) is 11.6 Å². The molecule has 0 saturated heterocycles. The minimum absolute atomic E-state index is 0.0149. The van der Waals surface area contributed by atoms with Gasteiger partial charge in [-0.1, -0.05) is 109 Å². The van der Waals surface area contributed by atoms with Crippen LogP contribution in [0.25, 0.3) is 0 Å². The third kappa shape index (κ3) is 13.2. The fraction of sp³-hybridized carbons (Fsp3) is 0.583. The van der Waals surface area contributed by atoms with Crippen LogP contribution in [0.15, 0.2) is 71.4 Å². The first-order valence-electron chi connectivity index (χ1n) is 15.2. The van der Waals surface area contributed by atoms with Crippen molar-refractivity contribution in [3.8, 4) is 0 Å². The summed E-state index contributed by atoms with van der Waals surface area (Å²) < 4.78 is 5.40. The number of cyclic esters (lactones) is 1. The predicted octanol–water partition coefficient (Wildman–Crippen LogP) is 7.93. The summed E-state index contributed by atoms with van der Waals surface area (Å²) in [6, 6.07) is 0. The number of hydrogen-bond acceptors (Lipinski definition) is 5. The zero-order chi connectivity index (χ0) is 31.3. The molecule has 1 aliphatic heterocycles. The normalized spacial score (nSPS) is 22.6. The zero-order valence-electron chi connectivity index (χ0n) is 27.0. The molecule has 0 aliphatic carbocycles. The maximum atomic E-state index is 13.1. The first kappa shape index (κ1) is 36.2. The molecule has 41 heavy (non-hydrogen) atoms. The summed E-state index contributed by atoms with van der Waals surface area (Å²) in [7, 11) is 0. The molecule has 5 heteroatoms. The van der Waals surface area contributed by atoms with Crippen molar-refractivity contribution < 1.29 is 24.2 Å². The molecule has 0 aromatic rings. The highest BCUT2D eigenvalue weighted by atomic mass is 16.5. The lowest BCUT2D eigenvalue weighted by molar-refractivity contribution is -0.143. The Hall–Kier alpha value is -2.79. The third-order valence-corrected chi connectivity index (χ3v) is 7.71. The Morgan fingerprint density at radius 3 is 2.32 bits per heavy atom. The lowest BCUT2D eigenvalue weighted by Gasteiger charge is -2.26. The number of esters is 1. The molecular weight excluding hydrogens is 512 g/mol. The predicted molar refractivity (Wildman–Crippen MR) is 169 cm³/mol. The molecule has 0 spiro atoms. The number of hydrogen-bond donors (Lipinski definition) is 1. The highest BCUT2D eigenvalue weighted by Gasteiger charge is 2.29. The van der Waals surface area contributed by atoms with E-state index in [1.54, 1.807) is 13.0 Å². The van der Waals surface area contributed by atoms with Gasteiger partial charge in [0.2, 0.25) is 0 Å². The standard InChI is InChI=1S/C36H54O5/c1-11-31(16-17-33-27(7)15-18-34(38)41-33)21-25(5)14-12-13-24(4)19-28(8)35(39)30(10)36(40)29(9)20-26(6)22-32(37)23(2)3/h12-13,15-19,21-23,25,27-30,33,36,40H,11,14,20H2,1-10H3/b13-12+,17-16+,24-19+,26-22+,31-21-/t25-,27-,28+,29-,30+,33?,36+/m0/s1. The number of allylic oxidation sites excluding steroid dienone is 9. The summed E-state index contributed by atoms with van der Waals surface area (Å²) in [5, 5.41) is 10.9. The van der Waals surface area contributed by atoms with Crippen LogP contribution in [0.2, 0.25) is 0 Å². The van der Waals surface area contributed by atoms with Crippen LogP contribution in [0, 0.1) is 35.5 Å². The van der Waals surface area contributed by atoms with Gasteiger partial charge in [0.05, 0.1) is 6.10 Å². The first-order valence-corrected chi connectivity index (χ1v) is 15.2. The summed E-state index contributed by atoms with van der Waals surface area (Å²) in [4.78, 5) is 36.6. The van der Waals surface area contributed by atoms with Crippen molar-refractivity contribution in [2.75, 3.05) is 0 Å². The van der Waals surface area contributed by atoms with Gasteiger partial charge in [-0.15, -0.1) is 0 Å². The molecule has 0 fully saturated rings. The molecule has 0 radical (unpaired) electrons. The summed E-state index contributed by atoms with van der Waals surface area (Å²) in [5.74, 6) is -0.693. The number of aliphatic hydroxyl groups is 1. The zero-order valence-corrected chi connectivity index (χ0v) is 27.0. The minimum Gasteiger partial charge on any atom is -0.454 e. The van der Waals surface area contributed by atoms with E-state index < -0.39 is 12.0 Å². The highest BCUT2D eigenvalue weighted by Crippen LogP contribution is 2.24. The Labute approximate surface area is 249 Å². The SMILES string of the molecule is CCC(=C/[C@@H](C)C/C=C/C(C)=C/[C@@H](C)C(=O)[C@@H](C)[C@H](O)[C@@H](C)C/C(C)=C/C(=O)C(C)C)/C=C/C1OC(=O)C=C[C@@H]1C. The first-order chi connectivity index (χ1) is 19.2. The third-order valence-electron chi connectivity index (χ3n) is 7.71. The van der Waals surface area contributed by atoms with Crippen LogP contribution in [0.3, 0.4) is 0 Å². The smallest absolute Gasteiger partial charge is 0.331 e. The molecule has 1 N–H and O–H groups in total. The van der Waals surface area contributed by atoms with Gasteiger partial charge in [0.1, 0.15) is 11.9 Å². The average Bonchev–Trinajstić information content (AvgIpc) is 2.90. The van der Waals surface area contributed by atoms with Gasteiger partial charge in [-0.25, -0.2) is 4.79 Å². The van der Waals surface area contributed by atoms with Crippen molar-refractivity contribution in [1.29, 1.82) is 0 Å². The molecule has 1 aliphatic rings. The van der Waals surface area contributed by atoms with Crippen molar-refractivity contribution in [2.45, 2.75) is 101 Å². The largest absolute Gasteiger partial charge is 0.454 e. The van der Waals surface area contributed by atoms with E-state index in [2.05, 4.69) is 38.2 Å². The van der Waals surface area contributed by atoms with Gasteiger partial charge in [0.25, 0.3) is 0 Å². The van der Waals surface area contributed by atoms with E-state index in [4.69, 9.17) is 4.74 Å². The van der Waals surface area contributed by atoms with Crippen LogP contribution in [-0.4, -0.2) is 34.9 Å². The van der Waals surface area contributed by atoms with Crippen LogP contribution in [-0.2, 0) is 19.1 Å². The molecule has 1 rings (SSSR count). The van der Waals surface area contributed by atoms with Crippen molar-refractivity contribution in [3.05, 3.63) is 71.4 Å². The van der Waals surface area contributed by atoms with E-state index >= 15 is 0 Å². The number of carbonyl (C=O) groups excluding carboxylic acids is 3. The summed E-state index contributed by atoms with van der Waals surface area (Å²) in [6.45, 7) is 19.6. The number of aliphatic hydroxyl groups excluding tert-OH is 1. The van der Waals surface area contributed by atoms with Crippen molar-refractivity contribution in [3.63, 3.8) is 0 Å². The summed E-state index contributed by atoms with van der Waals surface area (Å²) >= 11 is 0. The molecule has 0 saturated carbocycles. The van der Waals surface area contributed by atoms with Gasteiger partial charge in [0, 0.05) is 29.7 Å². The molecule has 0 aromatic heterocycles. The van der Waals surface area contributed by atoms with Crippen LogP contribution in [0.4, 0.5) is 0 Å².